The molecule has 1 aromatic carbocycles. The topological polar surface area (TPSA) is 101 Å². The van der Waals surface area contributed by atoms with E-state index in [1.807, 2.05) is 0 Å². The number of hydrogen-bond donors (Lipinski definition) is 0. The Morgan fingerprint density at radius 2 is 1.86 bits per heavy atom. The van der Waals surface area contributed by atoms with Gasteiger partial charge in [0.1, 0.15) is 5.66 Å². The molecule has 0 aliphatic carbocycles. The van der Waals surface area contributed by atoms with E-state index < -0.39 is 13.3 Å². The summed E-state index contributed by atoms with van der Waals surface area (Å²) in [7, 11) is -3.62. The Balaban J connectivity index is 3.12. The third kappa shape index (κ3) is 4.97. The third-order valence-corrected chi connectivity index (χ3v) is 5.42. The number of Topliss-reactive ketones (excluding diaryl/α,β-unsaturated/α-hetero) is 1. The number of hydrogen-bond acceptors (Lipinski definition) is 5. The van der Waals surface area contributed by atoms with Crippen LogP contribution < -0.4 is 0 Å². The van der Waals surface area contributed by atoms with Crippen molar-refractivity contribution in [1.82, 2.24) is 0 Å². The summed E-state index contributed by atoms with van der Waals surface area (Å²) in [6, 6.07) is 8.53. The summed E-state index contributed by atoms with van der Waals surface area (Å²) in [5, 5.41) is 3.42. The molecule has 0 aliphatic heterocycles. The second-order valence-electron chi connectivity index (χ2n) is 4.36. The Kier molecular flexibility index (Phi) is 7.85. The van der Waals surface area contributed by atoms with Crippen LogP contribution >= 0.6 is 7.60 Å². The van der Waals surface area contributed by atoms with Gasteiger partial charge in [-0.15, -0.1) is 0 Å². The first-order valence-electron chi connectivity index (χ1n) is 7.08. The van der Waals surface area contributed by atoms with E-state index in [1.54, 1.807) is 44.2 Å². The molecule has 8 heteroatoms. The molecule has 0 amide bonds. The zero-order valence-corrected chi connectivity index (χ0v) is 13.6. The Morgan fingerprint density at radius 1 is 1.27 bits per heavy atom. The molecular formula is C14H20N3O4P. The first kappa shape index (κ1) is 18.4. The van der Waals surface area contributed by atoms with Crippen molar-refractivity contribution in [3.8, 4) is 0 Å². The lowest BCUT2D eigenvalue weighted by molar-refractivity contribution is 0.0964. The maximum absolute atomic E-state index is 12.9. The molecule has 1 rings (SSSR count). The van der Waals surface area contributed by atoms with E-state index in [4.69, 9.17) is 14.6 Å². The van der Waals surface area contributed by atoms with Gasteiger partial charge in [0.15, 0.2) is 5.78 Å². The average Bonchev–Trinajstić information content (AvgIpc) is 2.52. The maximum Gasteiger partial charge on any atom is 0.341 e. The van der Waals surface area contributed by atoms with E-state index >= 15 is 0 Å². The fourth-order valence-corrected chi connectivity index (χ4v) is 4.05. The van der Waals surface area contributed by atoms with Crippen molar-refractivity contribution >= 4 is 13.4 Å². The lowest BCUT2D eigenvalue weighted by Crippen LogP contribution is -2.25. The molecule has 0 bridgehead atoms. The van der Waals surface area contributed by atoms with Gasteiger partial charge in [-0.1, -0.05) is 35.4 Å². The van der Waals surface area contributed by atoms with Crippen molar-refractivity contribution in [3.63, 3.8) is 0 Å². The van der Waals surface area contributed by atoms with Gasteiger partial charge in [-0.3, -0.25) is 9.36 Å². The molecular weight excluding hydrogens is 305 g/mol. The Hall–Kier alpha value is -1.65. The second kappa shape index (κ2) is 9.38. The highest BCUT2D eigenvalue weighted by atomic mass is 31.2. The number of carbonyl (C=O) groups is 1. The fraction of sp³-hybridized carbons (Fsp3) is 0.500. The van der Waals surface area contributed by atoms with Gasteiger partial charge in [-0.05, 0) is 25.8 Å². The van der Waals surface area contributed by atoms with Crippen LogP contribution in [0.4, 0.5) is 0 Å². The normalized spacial score (nSPS) is 12.5. The first-order chi connectivity index (χ1) is 10.6. The highest BCUT2D eigenvalue weighted by Crippen LogP contribution is 2.55. The smallest absolute Gasteiger partial charge is 0.308 e. The van der Waals surface area contributed by atoms with Crippen molar-refractivity contribution in [2.75, 3.05) is 19.8 Å². The minimum atomic E-state index is -3.62. The van der Waals surface area contributed by atoms with Crippen LogP contribution in [0.2, 0.25) is 0 Å². The van der Waals surface area contributed by atoms with Gasteiger partial charge in [0.05, 0.1) is 13.2 Å². The van der Waals surface area contributed by atoms with Gasteiger partial charge in [-0.25, -0.2) is 0 Å². The molecule has 0 N–H and O–H groups in total. The number of benzene rings is 1. The van der Waals surface area contributed by atoms with Crippen molar-refractivity contribution in [3.05, 3.63) is 46.3 Å². The van der Waals surface area contributed by atoms with E-state index in [0.29, 0.717) is 5.56 Å². The van der Waals surface area contributed by atoms with Crippen LogP contribution in [0, 0.1) is 0 Å². The Morgan fingerprint density at radius 3 is 2.36 bits per heavy atom. The number of nitrogens with zero attached hydrogens (tertiary/aromatic N) is 3. The Bertz CT molecular complexity index is 563. The standard InChI is InChI=1S/C14H20N3O4P/c1-3-20-22(19,21-4-2)13(10-11-16-17-15)14(18)12-8-6-5-7-9-12/h5-9,13H,3-4,10-11H2,1-2H3. The zero-order chi connectivity index (χ0) is 16.4. The molecule has 0 saturated heterocycles. The van der Waals surface area contributed by atoms with E-state index in [9.17, 15) is 9.36 Å². The number of rotatable bonds is 10. The molecule has 120 valence electrons. The molecule has 0 aromatic heterocycles. The molecule has 1 atom stereocenters. The zero-order valence-electron chi connectivity index (χ0n) is 12.7. The lowest BCUT2D eigenvalue weighted by Gasteiger charge is -2.25. The van der Waals surface area contributed by atoms with Crippen LogP contribution in [0.3, 0.4) is 0 Å². The largest absolute Gasteiger partial charge is 0.341 e. The van der Waals surface area contributed by atoms with Crippen molar-refractivity contribution < 1.29 is 18.4 Å². The molecule has 1 unspecified atom stereocenters. The molecule has 0 aliphatic rings. The minimum Gasteiger partial charge on any atom is -0.308 e. The highest BCUT2D eigenvalue weighted by Gasteiger charge is 2.40. The molecule has 0 fully saturated rings. The summed E-state index contributed by atoms with van der Waals surface area (Å²) in [5.41, 5.74) is 7.82. The van der Waals surface area contributed by atoms with Crippen LogP contribution in [0.25, 0.3) is 10.4 Å². The molecule has 0 heterocycles. The molecule has 22 heavy (non-hydrogen) atoms. The van der Waals surface area contributed by atoms with Gasteiger partial charge >= 0.3 is 7.60 Å². The van der Waals surface area contributed by atoms with Gasteiger partial charge < -0.3 is 9.05 Å². The van der Waals surface area contributed by atoms with Gasteiger partial charge in [-0.2, -0.15) is 0 Å². The Labute approximate surface area is 129 Å². The first-order valence-corrected chi connectivity index (χ1v) is 8.69. The number of azide groups is 1. The van der Waals surface area contributed by atoms with E-state index in [1.165, 1.54) is 0 Å². The predicted octanol–water partition coefficient (Wildman–Crippen LogP) is 4.20. The van der Waals surface area contributed by atoms with Crippen molar-refractivity contribution in [1.29, 1.82) is 0 Å². The summed E-state index contributed by atoms with van der Waals surface area (Å²) in [4.78, 5) is 15.3. The van der Waals surface area contributed by atoms with Crippen LogP contribution in [0.5, 0.6) is 0 Å². The monoisotopic (exact) mass is 325 g/mol. The predicted molar refractivity (Wildman–Crippen MR) is 84.0 cm³/mol. The number of carbonyl (C=O) groups excluding carboxylic acids is 1. The third-order valence-electron chi connectivity index (χ3n) is 2.93. The van der Waals surface area contributed by atoms with Crippen molar-refractivity contribution in [2.24, 2.45) is 5.11 Å². The maximum atomic E-state index is 12.9. The summed E-state index contributed by atoms with van der Waals surface area (Å²) >= 11 is 0. The van der Waals surface area contributed by atoms with Crippen LogP contribution in [-0.2, 0) is 13.6 Å². The highest BCUT2D eigenvalue weighted by molar-refractivity contribution is 7.55. The second-order valence-corrected chi connectivity index (χ2v) is 6.58. The van der Waals surface area contributed by atoms with Crippen LogP contribution in [-0.4, -0.2) is 31.2 Å². The molecule has 1 aromatic rings. The van der Waals surface area contributed by atoms with Gasteiger partial charge in [0.25, 0.3) is 0 Å². The fourth-order valence-electron chi connectivity index (χ4n) is 2.03. The molecule has 0 radical (unpaired) electrons. The summed E-state index contributed by atoms with van der Waals surface area (Å²) in [6.45, 7) is 3.74. The van der Waals surface area contributed by atoms with Crippen LogP contribution in [0.1, 0.15) is 30.6 Å². The van der Waals surface area contributed by atoms with Gasteiger partial charge in [0.2, 0.25) is 0 Å². The average molecular weight is 325 g/mol. The quantitative estimate of drug-likeness (QED) is 0.211. The lowest BCUT2D eigenvalue weighted by atomic mass is 10.1. The molecule has 0 spiro atoms. The SMILES string of the molecule is CCOP(=O)(OCC)C(CCN=[N+]=[N-])C(=O)c1ccccc1. The van der Waals surface area contributed by atoms with Crippen molar-refractivity contribution in [2.45, 2.75) is 25.9 Å². The minimum absolute atomic E-state index is 0.0455. The van der Waals surface area contributed by atoms with E-state index in [0.717, 1.165) is 0 Å². The number of ketones is 1. The summed E-state index contributed by atoms with van der Waals surface area (Å²) < 4.78 is 23.5. The summed E-state index contributed by atoms with van der Waals surface area (Å²) in [5.74, 6) is -0.334. The van der Waals surface area contributed by atoms with E-state index in [-0.39, 0.29) is 32.0 Å². The molecule has 0 saturated carbocycles. The van der Waals surface area contributed by atoms with Crippen LogP contribution in [0.15, 0.2) is 35.4 Å². The van der Waals surface area contributed by atoms with E-state index in [2.05, 4.69) is 10.0 Å². The summed E-state index contributed by atoms with van der Waals surface area (Å²) in [6.07, 6.45) is 0.106. The van der Waals surface area contributed by atoms with Gasteiger partial charge in [0, 0.05) is 17.0 Å². The molecule has 7 nitrogen and oxygen atoms in total.